The van der Waals surface area contributed by atoms with Crippen molar-refractivity contribution in [2.45, 2.75) is 38.6 Å². The fraction of sp³-hybridized carbons (Fsp3) is 0.526. The highest BCUT2D eigenvalue weighted by atomic mass is 16.4. The highest BCUT2D eigenvalue weighted by Crippen LogP contribution is 2.53. The van der Waals surface area contributed by atoms with Crippen molar-refractivity contribution >= 4 is 23.0 Å². The van der Waals surface area contributed by atoms with Crippen molar-refractivity contribution in [3.8, 4) is 11.5 Å². The number of rotatable bonds is 4. The van der Waals surface area contributed by atoms with Crippen molar-refractivity contribution in [1.82, 2.24) is 30.1 Å². The summed E-state index contributed by atoms with van der Waals surface area (Å²) in [6.45, 7) is 3.51. The van der Waals surface area contributed by atoms with Crippen LogP contribution < -0.4 is 5.32 Å². The SMILES string of the molecule is C[C@H](Nc1nnc(-c2cccc3nn(C)nc23)o1)C(=O)N1CCC2(CC1)CC2. The molecule has 1 aliphatic carbocycles. The summed E-state index contributed by atoms with van der Waals surface area (Å²) in [5.74, 6) is 0.424. The summed E-state index contributed by atoms with van der Waals surface area (Å²) in [5, 5.41) is 19.9. The van der Waals surface area contributed by atoms with Gasteiger partial charge < -0.3 is 14.6 Å². The Kier molecular flexibility index (Phi) is 3.85. The largest absolute Gasteiger partial charge is 0.403 e. The van der Waals surface area contributed by atoms with E-state index >= 15 is 0 Å². The second-order valence-electron chi connectivity index (χ2n) is 7.97. The molecule has 0 radical (unpaired) electrons. The number of benzene rings is 1. The molecule has 1 aliphatic heterocycles. The zero-order valence-corrected chi connectivity index (χ0v) is 16.1. The average Bonchev–Trinajstić information content (AvgIpc) is 3.11. The van der Waals surface area contributed by atoms with Crippen molar-refractivity contribution in [3.63, 3.8) is 0 Å². The van der Waals surface area contributed by atoms with Crippen LogP contribution in [0.3, 0.4) is 0 Å². The second-order valence-corrected chi connectivity index (χ2v) is 7.97. The van der Waals surface area contributed by atoms with E-state index in [-0.39, 0.29) is 11.9 Å². The van der Waals surface area contributed by atoms with E-state index in [9.17, 15) is 4.79 Å². The highest BCUT2D eigenvalue weighted by molar-refractivity contribution is 5.88. The number of likely N-dealkylation sites (tertiary alicyclic amines) is 1. The monoisotopic (exact) mass is 381 g/mol. The quantitative estimate of drug-likeness (QED) is 0.739. The highest BCUT2D eigenvalue weighted by Gasteiger charge is 2.45. The number of nitrogens with zero attached hydrogens (tertiary/aromatic N) is 6. The van der Waals surface area contributed by atoms with Crippen molar-refractivity contribution < 1.29 is 9.21 Å². The normalized spacial score (nSPS) is 19.1. The molecule has 2 aromatic heterocycles. The maximum Gasteiger partial charge on any atom is 0.316 e. The maximum absolute atomic E-state index is 12.7. The first kappa shape index (κ1) is 17.2. The summed E-state index contributed by atoms with van der Waals surface area (Å²) < 4.78 is 5.76. The van der Waals surface area contributed by atoms with Crippen LogP contribution in [0.1, 0.15) is 32.6 Å². The van der Waals surface area contributed by atoms with Crippen LogP contribution in [-0.2, 0) is 11.8 Å². The summed E-state index contributed by atoms with van der Waals surface area (Å²) in [6.07, 6.45) is 4.90. The third kappa shape index (κ3) is 3.00. The molecule has 5 rings (SSSR count). The van der Waals surface area contributed by atoms with E-state index in [1.165, 1.54) is 17.6 Å². The van der Waals surface area contributed by atoms with Crippen LogP contribution in [0, 0.1) is 5.41 Å². The van der Waals surface area contributed by atoms with Gasteiger partial charge in [-0.25, -0.2) is 0 Å². The molecule has 1 aromatic carbocycles. The molecule has 3 heterocycles. The number of amides is 1. The van der Waals surface area contributed by atoms with Crippen LogP contribution in [0.4, 0.5) is 6.01 Å². The van der Waals surface area contributed by atoms with E-state index in [2.05, 4.69) is 25.7 Å². The van der Waals surface area contributed by atoms with Gasteiger partial charge in [0.15, 0.2) is 0 Å². The molecule has 9 heteroatoms. The molecule has 0 bridgehead atoms. The van der Waals surface area contributed by atoms with Gasteiger partial charge in [0, 0.05) is 20.1 Å². The summed E-state index contributed by atoms with van der Waals surface area (Å²) in [7, 11) is 1.77. The van der Waals surface area contributed by atoms with E-state index in [1.54, 1.807) is 7.05 Å². The van der Waals surface area contributed by atoms with Crippen molar-refractivity contribution in [3.05, 3.63) is 18.2 Å². The Morgan fingerprint density at radius 2 is 1.96 bits per heavy atom. The zero-order valence-electron chi connectivity index (χ0n) is 16.1. The first-order chi connectivity index (χ1) is 13.5. The lowest BCUT2D eigenvalue weighted by atomic mass is 9.93. The minimum atomic E-state index is -0.422. The van der Waals surface area contributed by atoms with Crippen LogP contribution in [0.25, 0.3) is 22.5 Å². The fourth-order valence-electron chi connectivity index (χ4n) is 4.00. The van der Waals surface area contributed by atoms with Crippen molar-refractivity contribution in [1.29, 1.82) is 0 Å². The lowest BCUT2D eigenvalue weighted by molar-refractivity contribution is -0.133. The van der Waals surface area contributed by atoms with Gasteiger partial charge in [-0.2, -0.15) is 15.0 Å². The third-order valence-corrected chi connectivity index (χ3v) is 5.97. The van der Waals surface area contributed by atoms with Crippen LogP contribution in [0.2, 0.25) is 0 Å². The first-order valence-electron chi connectivity index (χ1n) is 9.72. The molecule has 146 valence electrons. The molecule has 1 saturated carbocycles. The maximum atomic E-state index is 12.7. The van der Waals surface area contributed by atoms with Gasteiger partial charge in [0.05, 0.1) is 5.56 Å². The molecule has 1 atom stereocenters. The van der Waals surface area contributed by atoms with Gasteiger partial charge in [-0.3, -0.25) is 4.79 Å². The third-order valence-electron chi connectivity index (χ3n) is 5.97. The Morgan fingerprint density at radius 3 is 2.71 bits per heavy atom. The van der Waals surface area contributed by atoms with Gasteiger partial charge in [0.25, 0.3) is 5.89 Å². The molecule has 2 fully saturated rings. The number of aromatic nitrogens is 5. The van der Waals surface area contributed by atoms with Gasteiger partial charge in [-0.1, -0.05) is 11.2 Å². The number of hydrogen-bond acceptors (Lipinski definition) is 7. The number of aryl methyl sites for hydroxylation is 1. The van der Waals surface area contributed by atoms with Gasteiger partial charge in [0.2, 0.25) is 5.91 Å². The molecule has 1 saturated heterocycles. The van der Waals surface area contributed by atoms with Gasteiger partial charge in [-0.05, 0) is 50.2 Å². The zero-order chi connectivity index (χ0) is 19.3. The molecule has 9 nitrogen and oxygen atoms in total. The summed E-state index contributed by atoms with van der Waals surface area (Å²) in [4.78, 5) is 16.2. The number of piperidine rings is 1. The standard InChI is InChI=1S/C19H23N7O2/c1-12(17(27)26-10-8-19(6-7-19)9-11-26)20-18-22-21-16(28-18)13-4-3-5-14-15(13)24-25(2)23-14/h3-5,12H,6-11H2,1-2H3,(H,20,22)/t12-/m0/s1. The number of fused-ring (bicyclic) bond motifs is 1. The number of carbonyl (C=O) groups excluding carboxylic acids is 1. The Morgan fingerprint density at radius 1 is 1.18 bits per heavy atom. The fourth-order valence-corrected chi connectivity index (χ4v) is 4.00. The lowest BCUT2D eigenvalue weighted by Gasteiger charge is -2.33. The molecule has 1 N–H and O–H groups in total. The Labute approximate surface area is 162 Å². The summed E-state index contributed by atoms with van der Waals surface area (Å²) >= 11 is 0. The molecule has 1 amide bonds. The Hall–Kier alpha value is -2.97. The topological polar surface area (TPSA) is 102 Å². The number of nitrogens with one attached hydrogen (secondary N) is 1. The average molecular weight is 381 g/mol. The van der Waals surface area contributed by atoms with Gasteiger partial charge in [-0.15, -0.1) is 5.10 Å². The lowest BCUT2D eigenvalue weighted by Crippen LogP contribution is -2.45. The van der Waals surface area contributed by atoms with Gasteiger partial charge >= 0.3 is 6.01 Å². The van der Waals surface area contributed by atoms with Crippen LogP contribution in [0.5, 0.6) is 0 Å². The molecular weight excluding hydrogens is 358 g/mol. The molecule has 1 spiro atoms. The predicted molar refractivity (Wildman–Crippen MR) is 102 cm³/mol. The minimum absolute atomic E-state index is 0.0753. The molecule has 3 aromatic rings. The number of carbonyl (C=O) groups is 1. The molecule has 0 unspecified atom stereocenters. The van der Waals surface area contributed by atoms with Crippen LogP contribution >= 0.6 is 0 Å². The second kappa shape index (κ2) is 6.29. The van der Waals surface area contributed by atoms with E-state index in [0.717, 1.165) is 37.0 Å². The van der Waals surface area contributed by atoms with Crippen molar-refractivity contribution in [2.24, 2.45) is 12.5 Å². The Balaban J connectivity index is 1.29. The first-order valence-corrected chi connectivity index (χ1v) is 9.72. The Bertz CT molecular complexity index is 1030. The molecule has 28 heavy (non-hydrogen) atoms. The van der Waals surface area contributed by atoms with E-state index in [0.29, 0.717) is 16.8 Å². The predicted octanol–water partition coefficient (Wildman–Crippen LogP) is 2.22. The molecular formula is C19H23N7O2. The summed E-state index contributed by atoms with van der Waals surface area (Å²) in [6, 6.07) is 5.43. The van der Waals surface area contributed by atoms with E-state index < -0.39 is 6.04 Å². The van der Waals surface area contributed by atoms with Crippen LogP contribution in [0.15, 0.2) is 22.6 Å². The van der Waals surface area contributed by atoms with E-state index in [1.807, 2.05) is 30.0 Å². The van der Waals surface area contributed by atoms with E-state index in [4.69, 9.17) is 4.42 Å². The smallest absolute Gasteiger partial charge is 0.316 e. The number of hydrogen-bond donors (Lipinski definition) is 1. The number of anilines is 1. The van der Waals surface area contributed by atoms with Crippen molar-refractivity contribution in [2.75, 3.05) is 18.4 Å². The minimum Gasteiger partial charge on any atom is -0.403 e. The summed E-state index contributed by atoms with van der Waals surface area (Å²) in [5.41, 5.74) is 2.73. The van der Waals surface area contributed by atoms with Gasteiger partial charge in [0.1, 0.15) is 17.1 Å². The van der Waals surface area contributed by atoms with Crippen LogP contribution in [-0.4, -0.2) is 55.1 Å². The molecule has 2 aliphatic rings.